The van der Waals surface area contributed by atoms with Crippen LogP contribution in [0.2, 0.25) is 0 Å². The average Bonchev–Trinajstić information content (AvgIpc) is 2.68. The Labute approximate surface area is 157 Å². The predicted octanol–water partition coefficient (Wildman–Crippen LogP) is 4.13. The smallest absolute Gasteiger partial charge is 0.331 e. The molecule has 5 heteroatoms. The molecule has 0 radical (unpaired) electrons. The van der Waals surface area contributed by atoms with E-state index in [-0.39, 0.29) is 5.91 Å². The molecular formula is C22H20N2O3. The number of hydrogen-bond acceptors (Lipinski definition) is 4. The van der Waals surface area contributed by atoms with Crippen LogP contribution in [-0.4, -0.2) is 23.0 Å². The van der Waals surface area contributed by atoms with Crippen molar-refractivity contribution in [2.75, 3.05) is 5.32 Å². The van der Waals surface area contributed by atoms with Crippen LogP contribution in [0.3, 0.4) is 0 Å². The van der Waals surface area contributed by atoms with E-state index in [1.54, 1.807) is 18.2 Å². The Morgan fingerprint density at radius 1 is 1.04 bits per heavy atom. The number of nitrogens with zero attached hydrogens (tertiary/aromatic N) is 1. The van der Waals surface area contributed by atoms with E-state index in [4.69, 9.17) is 4.74 Å². The van der Waals surface area contributed by atoms with Crippen molar-refractivity contribution in [1.29, 1.82) is 0 Å². The minimum atomic E-state index is -0.909. The molecule has 3 aromatic rings. The summed E-state index contributed by atoms with van der Waals surface area (Å²) in [6.45, 7) is 3.50. The highest BCUT2D eigenvalue weighted by molar-refractivity contribution is 5.96. The molecule has 0 bridgehead atoms. The van der Waals surface area contributed by atoms with Crippen LogP contribution in [-0.2, 0) is 14.3 Å². The van der Waals surface area contributed by atoms with Crippen molar-refractivity contribution in [3.05, 3.63) is 78.0 Å². The van der Waals surface area contributed by atoms with Crippen molar-refractivity contribution in [1.82, 2.24) is 4.98 Å². The number of carbonyl (C=O) groups excluding carboxylic acids is 2. The lowest BCUT2D eigenvalue weighted by atomic mass is 10.2. The number of hydrogen-bond donors (Lipinski definition) is 1. The molecule has 0 fully saturated rings. The predicted molar refractivity (Wildman–Crippen MR) is 106 cm³/mol. The molecule has 27 heavy (non-hydrogen) atoms. The van der Waals surface area contributed by atoms with Gasteiger partial charge in [0.1, 0.15) is 0 Å². The Bertz CT molecular complexity index is 994. The van der Waals surface area contributed by atoms with Crippen molar-refractivity contribution in [2.45, 2.75) is 20.0 Å². The second-order valence-electron chi connectivity index (χ2n) is 6.20. The molecule has 136 valence electrons. The van der Waals surface area contributed by atoms with E-state index in [1.165, 1.54) is 13.0 Å². The van der Waals surface area contributed by atoms with Crippen molar-refractivity contribution in [3.63, 3.8) is 0 Å². The van der Waals surface area contributed by atoms with E-state index >= 15 is 0 Å². The number of para-hydroxylation sites is 1. The third-order valence-corrected chi connectivity index (χ3v) is 3.99. The number of nitrogens with one attached hydrogen (secondary N) is 1. The van der Waals surface area contributed by atoms with Gasteiger partial charge in [0, 0.05) is 17.1 Å². The lowest BCUT2D eigenvalue weighted by molar-refractivity contribution is -0.148. The Balaban J connectivity index is 1.57. The molecule has 0 saturated carbocycles. The van der Waals surface area contributed by atoms with Gasteiger partial charge in [-0.15, -0.1) is 0 Å². The van der Waals surface area contributed by atoms with Crippen molar-refractivity contribution >= 4 is 34.5 Å². The SMILES string of the molecule is Cc1ccc(NC(=O)C(C)OC(=O)C=Cc2ccc3ccccc3n2)cc1. The van der Waals surface area contributed by atoms with E-state index < -0.39 is 12.1 Å². The topological polar surface area (TPSA) is 68.3 Å². The lowest BCUT2D eigenvalue weighted by Gasteiger charge is -2.12. The number of anilines is 1. The maximum absolute atomic E-state index is 12.1. The third-order valence-electron chi connectivity index (χ3n) is 3.99. The average molecular weight is 360 g/mol. The van der Waals surface area contributed by atoms with Gasteiger partial charge in [0.15, 0.2) is 6.10 Å². The monoisotopic (exact) mass is 360 g/mol. The Morgan fingerprint density at radius 2 is 1.78 bits per heavy atom. The number of pyridine rings is 1. The Hall–Kier alpha value is -3.47. The molecule has 0 spiro atoms. The van der Waals surface area contributed by atoms with Crippen LogP contribution < -0.4 is 5.32 Å². The molecular weight excluding hydrogens is 340 g/mol. The number of aromatic nitrogens is 1. The minimum Gasteiger partial charge on any atom is -0.449 e. The third kappa shape index (κ3) is 5.01. The summed E-state index contributed by atoms with van der Waals surface area (Å²) >= 11 is 0. The van der Waals surface area contributed by atoms with E-state index in [9.17, 15) is 9.59 Å². The van der Waals surface area contributed by atoms with Gasteiger partial charge in [-0.05, 0) is 44.2 Å². The van der Waals surface area contributed by atoms with Crippen LogP contribution in [0.15, 0.2) is 66.7 Å². The number of benzene rings is 2. The summed E-state index contributed by atoms with van der Waals surface area (Å²) in [5.41, 5.74) is 3.24. The van der Waals surface area contributed by atoms with Crippen LogP contribution in [0.1, 0.15) is 18.2 Å². The standard InChI is InChI=1S/C22H20N2O3/c1-15-7-10-19(11-8-15)24-22(26)16(2)27-21(25)14-13-18-12-9-17-5-3-4-6-20(17)23-18/h3-14,16H,1-2H3,(H,24,26). The second-order valence-corrected chi connectivity index (χ2v) is 6.20. The van der Waals surface area contributed by atoms with Gasteiger partial charge in [0.25, 0.3) is 5.91 Å². The zero-order valence-electron chi connectivity index (χ0n) is 15.2. The summed E-state index contributed by atoms with van der Waals surface area (Å²) in [7, 11) is 0. The fourth-order valence-corrected chi connectivity index (χ4v) is 2.48. The van der Waals surface area contributed by atoms with Crippen molar-refractivity contribution in [2.24, 2.45) is 0 Å². The lowest BCUT2D eigenvalue weighted by Crippen LogP contribution is -2.29. The highest BCUT2D eigenvalue weighted by Gasteiger charge is 2.16. The van der Waals surface area contributed by atoms with Crippen molar-refractivity contribution < 1.29 is 14.3 Å². The molecule has 0 aliphatic carbocycles. The molecule has 3 rings (SSSR count). The number of esters is 1. The van der Waals surface area contributed by atoms with E-state index in [1.807, 2.05) is 55.5 Å². The van der Waals surface area contributed by atoms with Crippen LogP contribution in [0, 0.1) is 6.92 Å². The van der Waals surface area contributed by atoms with Crippen LogP contribution in [0.5, 0.6) is 0 Å². The van der Waals surface area contributed by atoms with Crippen LogP contribution in [0.25, 0.3) is 17.0 Å². The van der Waals surface area contributed by atoms with Gasteiger partial charge in [-0.25, -0.2) is 9.78 Å². The van der Waals surface area contributed by atoms with Gasteiger partial charge in [-0.2, -0.15) is 0 Å². The first-order valence-electron chi connectivity index (χ1n) is 8.63. The van der Waals surface area contributed by atoms with Crippen molar-refractivity contribution in [3.8, 4) is 0 Å². The first-order chi connectivity index (χ1) is 13.0. The number of fused-ring (bicyclic) bond motifs is 1. The molecule has 1 N–H and O–H groups in total. The van der Waals surface area contributed by atoms with Gasteiger partial charge < -0.3 is 10.1 Å². The molecule has 1 amide bonds. The number of carbonyl (C=O) groups is 2. The van der Waals surface area contributed by atoms with Crippen LogP contribution >= 0.6 is 0 Å². The van der Waals surface area contributed by atoms with E-state index in [2.05, 4.69) is 10.3 Å². The largest absolute Gasteiger partial charge is 0.449 e. The zero-order chi connectivity index (χ0) is 19.2. The van der Waals surface area contributed by atoms with Crippen LogP contribution in [0.4, 0.5) is 5.69 Å². The zero-order valence-corrected chi connectivity index (χ0v) is 15.2. The highest BCUT2D eigenvalue weighted by atomic mass is 16.5. The fraction of sp³-hybridized carbons (Fsp3) is 0.136. The maximum Gasteiger partial charge on any atom is 0.331 e. The minimum absolute atomic E-state index is 0.385. The molecule has 1 atom stereocenters. The molecule has 0 saturated heterocycles. The Morgan fingerprint density at radius 3 is 2.56 bits per heavy atom. The number of amides is 1. The summed E-state index contributed by atoms with van der Waals surface area (Å²) in [4.78, 5) is 28.6. The molecule has 1 unspecified atom stereocenters. The summed E-state index contributed by atoms with van der Waals surface area (Å²) in [5.74, 6) is -0.985. The molecule has 5 nitrogen and oxygen atoms in total. The first-order valence-corrected chi connectivity index (χ1v) is 8.63. The molecule has 0 aliphatic rings. The summed E-state index contributed by atoms with van der Waals surface area (Å²) < 4.78 is 5.15. The second kappa shape index (κ2) is 8.27. The quantitative estimate of drug-likeness (QED) is 0.549. The number of ether oxygens (including phenoxy) is 1. The van der Waals surface area contributed by atoms with Gasteiger partial charge in [-0.1, -0.05) is 42.0 Å². The number of aryl methyl sites for hydroxylation is 1. The normalized spacial score (nSPS) is 12.1. The fourth-order valence-electron chi connectivity index (χ4n) is 2.48. The molecule has 0 aliphatic heterocycles. The Kier molecular flexibility index (Phi) is 5.61. The van der Waals surface area contributed by atoms with Gasteiger partial charge in [0.2, 0.25) is 0 Å². The van der Waals surface area contributed by atoms with E-state index in [0.29, 0.717) is 11.4 Å². The van der Waals surface area contributed by atoms with Gasteiger partial charge >= 0.3 is 5.97 Å². The summed E-state index contributed by atoms with van der Waals surface area (Å²) in [6, 6.07) is 18.9. The van der Waals surface area contributed by atoms with Gasteiger partial charge in [0.05, 0.1) is 11.2 Å². The van der Waals surface area contributed by atoms with Gasteiger partial charge in [-0.3, -0.25) is 4.79 Å². The molecule has 1 heterocycles. The number of rotatable bonds is 5. The molecule has 2 aromatic carbocycles. The summed E-state index contributed by atoms with van der Waals surface area (Å²) in [6.07, 6.45) is 1.93. The summed E-state index contributed by atoms with van der Waals surface area (Å²) in [5, 5.41) is 3.74. The maximum atomic E-state index is 12.1. The van der Waals surface area contributed by atoms with E-state index in [0.717, 1.165) is 16.5 Å². The molecule has 1 aromatic heterocycles. The highest BCUT2D eigenvalue weighted by Crippen LogP contribution is 2.13. The first kappa shape index (κ1) is 18.3.